The maximum absolute atomic E-state index is 6.65. The van der Waals surface area contributed by atoms with Gasteiger partial charge in [0.1, 0.15) is 5.60 Å². The molecule has 0 amide bonds. The van der Waals surface area contributed by atoms with Gasteiger partial charge in [-0.25, -0.2) is 0 Å². The molecule has 1 spiro atoms. The Hall–Kier alpha value is -0.980. The van der Waals surface area contributed by atoms with Crippen LogP contribution in [0.1, 0.15) is 18.4 Å². The van der Waals surface area contributed by atoms with Crippen LogP contribution in [-0.4, -0.2) is 92.5 Å². The molecule has 0 aromatic heterocycles. The van der Waals surface area contributed by atoms with Crippen molar-refractivity contribution in [2.24, 2.45) is 0 Å². The third-order valence-corrected chi connectivity index (χ3v) is 6.07. The second-order valence-corrected chi connectivity index (χ2v) is 8.31. The summed E-state index contributed by atoms with van der Waals surface area (Å²) in [5, 5.41) is 0. The van der Waals surface area contributed by atoms with Crippen LogP contribution in [0.4, 0.5) is 0 Å². The molecule has 0 radical (unpaired) electrons. The van der Waals surface area contributed by atoms with Gasteiger partial charge < -0.3 is 14.4 Å². The van der Waals surface area contributed by atoms with Crippen molar-refractivity contribution in [2.75, 3.05) is 66.1 Å². The summed E-state index contributed by atoms with van der Waals surface area (Å²) in [6.07, 6.45) is 2.64. The molecule has 3 saturated heterocycles. The van der Waals surface area contributed by atoms with Gasteiger partial charge in [-0.15, -0.1) is 0 Å². The Morgan fingerprint density at radius 2 is 1.85 bits per heavy atom. The maximum atomic E-state index is 6.65. The molecule has 0 saturated carbocycles. The van der Waals surface area contributed by atoms with Crippen LogP contribution in [-0.2, 0) is 16.0 Å². The quantitative estimate of drug-likeness (QED) is 0.816. The summed E-state index contributed by atoms with van der Waals surface area (Å²) in [5.41, 5.74) is 1.26. The van der Waals surface area contributed by atoms with E-state index in [1.54, 1.807) is 0 Å². The molecule has 4 rings (SSSR count). The molecular formula is C21H33N3O2. The van der Waals surface area contributed by atoms with E-state index in [2.05, 4.69) is 52.1 Å². The van der Waals surface area contributed by atoms with Crippen LogP contribution in [0.2, 0.25) is 0 Å². The monoisotopic (exact) mass is 359 g/mol. The second-order valence-electron chi connectivity index (χ2n) is 8.31. The average Bonchev–Trinajstić information content (AvgIpc) is 2.92. The number of hydrogen-bond acceptors (Lipinski definition) is 5. The van der Waals surface area contributed by atoms with Crippen molar-refractivity contribution in [2.45, 2.75) is 31.1 Å². The lowest BCUT2D eigenvalue weighted by Crippen LogP contribution is -2.48. The lowest BCUT2D eigenvalue weighted by atomic mass is 9.99. The molecule has 3 heterocycles. The number of benzene rings is 1. The molecule has 0 N–H and O–H groups in total. The van der Waals surface area contributed by atoms with Crippen LogP contribution in [0, 0.1) is 0 Å². The molecule has 3 fully saturated rings. The predicted octanol–water partition coefficient (Wildman–Crippen LogP) is 1.68. The van der Waals surface area contributed by atoms with Crippen molar-refractivity contribution < 1.29 is 9.47 Å². The topological polar surface area (TPSA) is 28.2 Å². The van der Waals surface area contributed by atoms with Gasteiger partial charge in [-0.3, -0.25) is 9.80 Å². The summed E-state index contributed by atoms with van der Waals surface area (Å²) in [6, 6.07) is 10.8. The van der Waals surface area contributed by atoms with Gasteiger partial charge in [0.15, 0.2) is 0 Å². The minimum Gasteiger partial charge on any atom is -0.377 e. The summed E-state index contributed by atoms with van der Waals surface area (Å²) in [4.78, 5) is 7.50. The fourth-order valence-corrected chi connectivity index (χ4v) is 4.53. The Morgan fingerprint density at radius 3 is 2.65 bits per heavy atom. The van der Waals surface area contributed by atoms with Crippen molar-refractivity contribution in [3.8, 4) is 0 Å². The minimum atomic E-state index is -0.109. The van der Waals surface area contributed by atoms with Crippen molar-refractivity contribution in [3.05, 3.63) is 35.9 Å². The molecule has 2 unspecified atom stereocenters. The number of hydrogen-bond donors (Lipinski definition) is 0. The maximum Gasteiger partial charge on any atom is 0.105 e. The number of ether oxygens (including phenoxy) is 2. The zero-order valence-corrected chi connectivity index (χ0v) is 16.1. The van der Waals surface area contributed by atoms with E-state index in [0.717, 1.165) is 52.2 Å². The minimum absolute atomic E-state index is 0.109. The highest BCUT2D eigenvalue weighted by Gasteiger charge is 2.43. The Morgan fingerprint density at radius 1 is 1.04 bits per heavy atom. The molecule has 1 aromatic rings. The summed E-state index contributed by atoms with van der Waals surface area (Å²) in [6.45, 7) is 10.3. The van der Waals surface area contributed by atoms with E-state index in [1.807, 2.05) is 0 Å². The summed E-state index contributed by atoms with van der Waals surface area (Å²) < 4.78 is 12.6. The van der Waals surface area contributed by atoms with E-state index in [1.165, 1.54) is 31.7 Å². The number of nitrogens with zero attached hydrogens (tertiary/aromatic N) is 3. The molecule has 5 heteroatoms. The first-order valence-corrected chi connectivity index (χ1v) is 10.1. The number of rotatable bonds is 4. The van der Waals surface area contributed by atoms with Crippen LogP contribution in [0.3, 0.4) is 0 Å². The highest BCUT2D eigenvalue weighted by molar-refractivity contribution is 5.14. The van der Waals surface area contributed by atoms with Gasteiger partial charge in [0, 0.05) is 52.4 Å². The third-order valence-electron chi connectivity index (χ3n) is 6.07. The highest BCUT2D eigenvalue weighted by Crippen LogP contribution is 2.34. The van der Waals surface area contributed by atoms with E-state index in [9.17, 15) is 0 Å². The smallest absolute Gasteiger partial charge is 0.105 e. The third kappa shape index (κ3) is 4.65. The molecule has 3 aliphatic rings. The second kappa shape index (κ2) is 8.36. The van der Waals surface area contributed by atoms with E-state index in [0.29, 0.717) is 6.10 Å². The highest BCUT2D eigenvalue weighted by atomic mass is 16.6. The van der Waals surface area contributed by atoms with E-state index >= 15 is 0 Å². The largest absolute Gasteiger partial charge is 0.377 e. The summed E-state index contributed by atoms with van der Waals surface area (Å²) >= 11 is 0. The molecule has 3 aliphatic heterocycles. The lowest BCUT2D eigenvalue weighted by molar-refractivity contribution is -0.0938. The Kier molecular flexibility index (Phi) is 5.91. The Bertz CT molecular complexity index is 562. The fourth-order valence-electron chi connectivity index (χ4n) is 4.53. The van der Waals surface area contributed by atoms with Gasteiger partial charge in [0.25, 0.3) is 0 Å². The van der Waals surface area contributed by atoms with E-state index < -0.39 is 0 Å². The lowest BCUT2D eigenvalue weighted by Gasteiger charge is -2.35. The standard InChI is InChI=1S/C21H33N3O2/c1-22-9-11-23(12-10-22)16-20-7-8-21(26-20)17-24(13-14-25-18-21)15-19-5-3-2-4-6-19/h2-6,20H,7-18H2,1H3. The number of likely N-dealkylation sites (N-methyl/N-ethyl adjacent to an activating group) is 1. The van der Waals surface area contributed by atoms with Crippen molar-refractivity contribution in [3.63, 3.8) is 0 Å². The van der Waals surface area contributed by atoms with Gasteiger partial charge in [0.05, 0.1) is 19.3 Å². The van der Waals surface area contributed by atoms with Crippen LogP contribution in [0.15, 0.2) is 30.3 Å². The van der Waals surface area contributed by atoms with Gasteiger partial charge >= 0.3 is 0 Å². The van der Waals surface area contributed by atoms with Crippen LogP contribution < -0.4 is 0 Å². The molecule has 2 atom stereocenters. The van der Waals surface area contributed by atoms with E-state index in [4.69, 9.17) is 9.47 Å². The number of piperazine rings is 1. The summed E-state index contributed by atoms with van der Waals surface area (Å²) in [7, 11) is 2.21. The molecule has 26 heavy (non-hydrogen) atoms. The van der Waals surface area contributed by atoms with Crippen LogP contribution in [0.5, 0.6) is 0 Å². The van der Waals surface area contributed by atoms with Crippen molar-refractivity contribution in [1.82, 2.24) is 14.7 Å². The van der Waals surface area contributed by atoms with Gasteiger partial charge in [-0.1, -0.05) is 30.3 Å². The zero-order chi connectivity index (χ0) is 17.8. The van der Waals surface area contributed by atoms with E-state index in [-0.39, 0.29) is 5.60 Å². The van der Waals surface area contributed by atoms with Crippen molar-refractivity contribution >= 4 is 0 Å². The molecule has 0 aliphatic carbocycles. The van der Waals surface area contributed by atoms with Gasteiger partial charge in [-0.05, 0) is 25.5 Å². The SMILES string of the molecule is CN1CCN(CC2CCC3(COCCN(Cc4ccccc4)C3)O2)CC1. The van der Waals surface area contributed by atoms with Crippen LogP contribution in [0.25, 0.3) is 0 Å². The predicted molar refractivity (Wildman–Crippen MR) is 103 cm³/mol. The zero-order valence-electron chi connectivity index (χ0n) is 16.1. The average molecular weight is 360 g/mol. The Balaban J connectivity index is 1.33. The first-order chi connectivity index (χ1) is 12.7. The first-order valence-electron chi connectivity index (χ1n) is 10.1. The molecule has 144 valence electrons. The fraction of sp³-hybridized carbons (Fsp3) is 0.714. The van der Waals surface area contributed by atoms with Crippen molar-refractivity contribution in [1.29, 1.82) is 0 Å². The van der Waals surface area contributed by atoms with Gasteiger partial charge in [-0.2, -0.15) is 0 Å². The molecule has 0 bridgehead atoms. The van der Waals surface area contributed by atoms with Crippen LogP contribution >= 0.6 is 0 Å². The Labute approximate surface area is 157 Å². The first kappa shape index (κ1) is 18.4. The normalized spacial score (nSPS) is 32.1. The molecule has 5 nitrogen and oxygen atoms in total. The summed E-state index contributed by atoms with van der Waals surface area (Å²) in [5.74, 6) is 0. The molecule has 1 aromatic carbocycles. The molecular weight excluding hydrogens is 326 g/mol. The van der Waals surface area contributed by atoms with Gasteiger partial charge in [0.2, 0.25) is 0 Å².